The minimum absolute atomic E-state index is 0.125. The summed E-state index contributed by atoms with van der Waals surface area (Å²) in [6, 6.07) is 19.5. The highest BCUT2D eigenvalue weighted by molar-refractivity contribution is 7.98. The fraction of sp³-hybridized carbons (Fsp3) is 0.240. The number of anilines is 1. The van der Waals surface area contributed by atoms with Crippen molar-refractivity contribution in [3.05, 3.63) is 83.4 Å². The molecule has 0 saturated carbocycles. The Labute approximate surface area is 199 Å². The Hall–Kier alpha value is -2.97. The molecule has 6 nitrogen and oxygen atoms in total. The molecule has 0 bridgehead atoms. The van der Waals surface area contributed by atoms with Crippen LogP contribution in [0.25, 0.3) is 0 Å². The lowest BCUT2D eigenvalue weighted by Crippen LogP contribution is -2.31. The summed E-state index contributed by atoms with van der Waals surface area (Å²) in [5.74, 6) is 0.199. The van der Waals surface area contributed by atoms with Crippen molar-refractivity contribution >= 4 is 33.4 Å². The second kappa shape index (κ2) is 10.8. The molecule has 8 heteroatoms. The van der Waals surface area contributed by atoms with Crippen LogP contribution < -0.4 is 14.8 Å². The number of benzene rings is 3. The highest BCUT2D eigenvalue weighted by atomic mass is 32.2. The van der Waals surface area contributed by atoms with Gasteiger partial charge in [0.1, 0.15) is 5.75 Å². The third kappa shape index (κ3) is 6.76. The van der Waals surface area contributed by atoms with Crippen molar-refractivity contribution in [1.82, 2.24) is 5.32 Å². The van der Waals surface area contributed by atoms with Gasteiger partial charge in [0.2, 0.25) is 0 Å². The Morgan fingerprint density at radius 3 is 2.27 bits per heavy atom. The Balaban J connectivity index is 1.59. The number of ether oxygens (including phenoxy) is 1. The van der Waals surface area contributed by atoms with Gasteiger partial charge in [-0.15, -0.1) is 11.8 Å². The number of carbonyl (C=O) groups is 1. The summed E-state index contributed by atoms with van der Waals surface area (Å²) in [5, 5.41) is 2.91. The Kier molecular flexibility index (Phi) is 8.05. The van der Waals surface area contributed by atoms with Crippen LogP contribution in [-0.4, -0.2) is 27.2 Å². The van der Waals surface area contributed by atoms with Crippen molar-refractivity contribution in [2.75, 3.05) is 17.6 Å². The lowest BCUT2D eigenvalue weighted by Gasteiger charge is -2.16. The van der Waals surface area contributed by atoms with Crippen molar-refractivity contribution in [2.45, 2.75) is 36.6 Å². The predicted molar refractivity (Wildman–Crippen MR) is 133 cm³/mol. The second-order valence-corrected chi connectivity index (χ2v) is 10.3. The number of rotatable bonds is 9. The van der Waals surface area contributed by atoms with Crippen LogP contribution in [0, 0.1) is 13.8 Å². The van der Waals surface area contributed by atoms with Crippen LogP contribution in [-0.2, 0) is 14.8 Å². The van der Waals surface area contributed by atoms with E-state index in [4.69, 9.17) is 4.74 Å². The molecule has 1 amide bonds. The molecule has 0 unspecified atom stereocenters. The van der Waals surface area contributed by atoms with E-state index in [1.807, 2.05) is 56.5 Å². The molecular formula is C25H28N2O4S2. The Morgan fingerprint density at radius 1 is 1.00 bits per heavy atom. The molecule has 0 aliphatic rings. The number of carbonyl (C=O) groups excluding carboxylic acids is 1. The minimum atomic E-state index is -3.73. The van der Waals surface area contributed by atoms with Gasteiger partial charge in [0.15, 0.2) is 6.61 Å². The summed E-state index contributed by atoms with van der Waals surface area (Å²) >= 11 is 1.66. The van der Waals surface area contributed by atoms with E-state index < -0.39 is 10.0 Å². The molecule has 0 heterocycles. The quantitative estimate of drug-likeness (QED) is 0.414. The first-order chi connectivity index (χ1) is 15.7. The first-order valence-corrected chi connectivity index (χ1v) is 13.1. The van der Waals surface area contributed by atoms with Crippen LogP contribution >= 0.6 is 11.8 Å². The third-order valence-corrected chi connectivity index (χ3v) is 7.24. The first kappa shape index (κ1) is 24.7. The van der Waals surface area contributed by atoms with E-state index >= 15 is 0 Å². The number of nitrogens with one attached hydrogen (secondary N) is 2. The van der Waals surface area contributed by atoms with E-state index in [0.717, 1.165) is 16.0 Å². The Morgan fingerprint density at radius 2 is 1.67 bits per heavy atom. The molecule has 3 aromatic carbocycles. The number of hydrogen-bond acceptors (Lipinski definition) is 5. The van der Waals surface area contributed by atoms with Gasteiger partial charge in [-0.2, -0.15) is 0 Å². The normalized spacial score (nSPS) is 12.1. The number of sulfonamides is 1. The number of hydrogen-bond donors (Lipinski definition) is 2. The fourth-order valence-electron chi connectivity index (χ4n) is 3.19. The standard InChI is InChI=1S/C25H28N2O4S2/c1-17-5-9-21(10-6-17)27-33(29,30)23-13-14-24(18(2)15-23)31-16-25(28)26-19(3)20-7-11-22(32-4)12-8-20/h5-15,19,27H,16H2,1-4H3,(H,26,28)/t19-/m1/s1. The first-order valence-electron chi connectivity index (χ1n) is 10.4. The lowest BCUT2D eigenvalue weighted by molar-refractivity contribution is -0.123. The smallest absolute Gasteiger partial charge is 0.261 e. The van der Waals surface area contributed by atoms with Crippen LogP contribution in [0.3, 0.4) is 0 Å². The van der Waals surface area contributed by atoms with Gasteiger partial charge in [0.05, 0.1) is 10.9 Å². The van der Waals surface area contributed by atoms with Crippen LogP contribution in [0.15, 0.2) is 76.5 Å². The van der Waals surface area contributed by atoms with E-state index in [2.05, 4.69) is 10.0 Å². The van der Waals surface area contributed by atoms with E-state index in [1.165, 1.54) is 12.1 Å². The number of aryl methyl sites for hydroxylation is 2. The highest BCUT2D eigenvalue weighted by Crippen LogP contribution is 2.24. The summed E-state index contributed by atoms with van der Waals surface area (Å²) in [5.41, 5.74) is 3.16. The van der Waals surface area contributed by atoms with Crippen molar-refractivity contribution in [1.29, 1.82) is 0 Å². The molecule has 33 heavy (non-hydrogen) atoms. The minimum Gasteiger partial charge on any atom is -0.484 e. The SMILES string of the molecule is CSc1ccc([C@@H](C)NC(=O)COc2ccc(S(=O)(=O)Nc3ccc(C)cc3)cc2C)cc1. The average Bonchev–Trinajstić information content (AvgIpc) is 2.79. The summed E-state index contributed by atoms with van der Waals surface area (Å²) in [6.07, 6.45) is 2.02. The maximum absolute atomic E-state index is 12.7. The lowest BCUT2D eigenvalue weighted by atomic mass is 10.1. The summed E-state index contributed by atoms with van der Waals surface area (Å²) < 4.78 is 33.6. The van der Waals surface area contributed by atoms with Gasteiger partial charge in [-0.1, -0.05) is 29.8 Å². The largest absolute Gasteiger partial charge is 0.484 e. The van der Waals surface area contributed by atoms with E-state index in [9.17, 15) is 13.2 Å². The van der Waals surface area contributed by atoms with Gasteiger partial charge in [-0.05, 0) is 80.6 Å². The molecule has 0 radical (unpaired) electrons. The van der Waals surface area contributed by atoms with Crippen LogP contribution in [0.2, 0.25) is 0 Å². The fourth-order valence-corrected chi connectivity index (χ4v) is 4.74. The highest BCUT2D eigenvalue weighted by Gasteiger charge is 2.17. The van der Waals surface area contributed by atoms with Gasteiger partial charge >= 0.3 is 0 Å². The van der Waals surface area contributed by atoms with E-state index in [1.54, 1.807) is 36.9 Å². The molecule has 3 rings (SSSR count). The molecule has 0 aromatic heterocycles. The molecule has 1 atom stereocenters. The molecule has 0 aliphatic heterocycles. The van der Waals surface area contributed by atoms with E-state index in [-0.39, 0.29) is 23.5 Å². The van der Waals surface area contributed by atoms with Crippen LogP contribution in [0.4, 0.5) is 5.69 Å². The topological polar surface area (TPSA) is 84.5 Å². The summed E-state index contributed by atoms with van der Waals surface area (Å²) in [7, 11) is -3.73. The second-order valence-electron chi connectivity index (χ2n) is 7.75. The molecule has 0 saturated heterocycles. The van der Waals surface area contributed by atoms with Gasteiger partial charge in [0.25, 0.3) is 15.9 Å². The predicted octanol–water partition coefficient (Wildman–Crippen LogP) is 5.08. The number of amides is 1. The number of thioether (sulfide) groups is 1. The van der Waals surface area contributed by atoms with Gasteiger partial charge in [0, 0.05) is 10.6 Å². The molecule has 0 aliphatic carbocycles. The Bertz CT molecular complexity index is 1210. The third-order valence-electron chi connectivity index (χ3n) is 5.11. The monoisotopic (exact) mass is 484 g/mol. The molecule has 3 aromatic rings. The average molecular weight is 485 g/mol. The van der Waals surface area contributed by atoms with Crippen LogP contribution in [0.1, 0.15) is 29.7 Å². The summed E-state index contributed by atoms with van der Waals surface area (Å²) in [4.78, 5) is 13.6. The molecular weight excluding hydrogens is 456 g/mol. The van der Waals surface area contributed by atoms with Crippen molar-refractivity contribution < 1.29 is 17.9 Å². The molecule has 174 valence electrons. The van der Waals surface area contributed by atoms with Gasteiger partial charge in [-0.3, -0.25) is 9.52 Å². The molecule has 0 spiro atoms. The summed E-state index contributed by atoms with van der Waals surface area (Å²) in [6.45, 7) is 5.43. The zero-order valence-electron chi connectivity index (χ0n) is 19.1. The van der Waals surface area contributed by atoms with Crippen LogP contribution in [0.5, 0.6) is 5.75 Å². The van der Waals surface area contributed by atoms with Crippen molar-refractivity contribution in [3.8, 4) is 5.75 Å². The van der Waals surface area contributed by atoms with E-state index in [0.29, 0.717) is 17.0 Å². The zero-order valence-corrected chi connectivity index (χ0v) is 20.7. The zero-order chi connectivity index (χ0) is 24.0. The molecule has 0 fully saturated rings. The van der Waals surface area contributed by atoms with Crippen molar-refractivity contribution in [2.24, 2.45) is 0 Å². The van der Waals surface area contributed by atoms with Gasteiger partial charge in [-0.25, -0.2) is 8.42 Å². The maximum Gasteiger partial charge on any atom is 0.261 e. The van der Waals surface area contributed by atoms with Crippen molar-refractivity contribution in [3.63, 3.8) is 0 Å². The molecule has 2 N–H and O–H groups in total. The van der Waals surface area contributed by atoms with Gasteiger partial charge < -0.3 is 10.1 Å². The maximum atomic E-state index is 12.7.